The third-order valence-electron chi connectivity index (χ3n) is 3.87. The van der Waals surface area contributed by atoms with Crippen molar-refractivity contribution in [3.8, 4) is 0 Å². The quantitative estimate of drug-likeness (QED) is 0.808. The first-order chi connectivity index (χ1) is 8.76. The summed E-state index contributed by atoms with van der Waals surface area (Å²) in [6.07, 6.45) is 8.43. The highest BCUT2D eigenvalue weighted by Crippen LogP contribution is 2.29. The van der Waals surface area contributed by atoms with Crippen LogP contribution in [-0.4, -0.2) is 45.5 Å². The molecule has 1 saturated heterocycles. The Labute approximate surface area is 109 Å². The fourth-order valence-electron chi connectivity index (χ4n) is 2.97. The number of piperidine rings is 1. The summed E-state index contributed by atoms with van der Waals surface area (Å²) >= 11 is 0. The Hall–Kier alpha value is -0.910. The van der Waals surface area contributed by atoms with Crippen molar-refractivity contribution in [2.45, 2.75) is 37.8 Å². The number of aromatic nitrogens is 2. The Bertz CT molecular complexity index is 364. The molecule has 0 aliphatic carbocycles. The minimum absolute atomic E-state index is 0.232. The lowest BCUT2D eigenvalue weighted by Crippen LogP contribution is -2.44. The van der Waals surface area contributed by atoms with E-state index in [1.165, 1.54) is 18.4 Å². The van der Waals surface area contributed by atoms with Gasteiger partial charge in [-0.3, -0.25) is 9.58 Å². The lowest BCUT2D eigenvalue weighted by Gasteiger charge is -2.40. The summed E-state index contributed by atoms with van der Waals surface area (Å²) in [5.41, 5.74) is 7.15. The van der Waals surface area contributed by atoms with Gasteiger partial charge in [-0.2, -0.15) is 5.10 Å². The monoisotopic (exact) mass is 252 g/mol. The first-order valence-corrected chi connectivity index (χ1v) is 6.81. The molecule has 2 heterocycles. The van der Waals surface area contributed by atoms with Gasteiger partial charge in [0.15, 0.2) is 0 Å². The fraction of sp³-hybridized carbons (Fsp3) is 0.769. The average molecular weight is 252 g/mol. The highest BCUT2D eigenvalue weighted by Gasteiger charge is 2.29. The van der Waals surface area contributed by atoms with Crippen LogP contribution in [0.2, 0.25) is 0 Å². The molecule has 102 valence electrons. The van der Waals surface area contributed by atoms with E-state index < -0.39 is 0 Å². The number of hydrogen-bond donors (Lipinski definition) is 2. The second kappa shape index (κ2) is 6.31. The van der Waals surface area contributed by atoms with Crippen LogP contribution in [-0.2, 0) is 7.05 Å². The van der Waals surface area contributed by atoms with Gasteiger partial charge in [0.1, 0.15) is 0 Å². The van der Waals surface area contributed by atoms with Crippen molar-refractivity contribution in [1.82, 2.24) is 14.7 Å². The van der Waals surface area contributed by atoms with E-state index in [0.717, 1.165) is 19.4 Å². The number of hydrogen-bond acceptors (Lipinski definition) is 4. The summed E-state index contributed by atoms with van der Waals surface area (Å²) in [7, 11) is 1.93. The molecular formula is C13H24N4O. The average Bonchev–Trinajstić information content (AvgIpc) is 2.79. The number of nitrogens with two attached hydrogens (primary N) is 1. The summed E-state index contributed by atoms with van der Waals surface area (Å²) in [4.78, 5) is 2.46. The zero-order valence-electron chi connectivity index (χ0n) is 11.1. The largest absolute Gasteiger partial charge is 0.396 e. The molecule has 18 heavy (non-hydrogen) atoms. The molecule has 3 N–H and O–H groups in total. The molecule has 0 spiro atoms. The van der Waals surface area contributed by atoms with Crippen LogP contribution in [0, 0.1) is 0 Å². The fourth-order valence-corrected chi connectivity index (χ4v) is 2.97. The van der Waals surface area contributed by atoms with E-state index in [0.29, 0.717) is 12.6 Å². The number of aliphatic hydroxyl groups is 1. The van der Waals surface area contributed by atoms with E-state index in [9.17, 15) is 5.11 Å². The maximum absolute atomic E-state index is 9.19. The Balaban J connectivity index is 2.14. The van der Waals surface area contributed by atoms with Gasteiger partial charge in [0.05, 0.1) is 12.2 Å². The Morgan fingerprint density at radius 2 is 2.39 bits per heavy atom. The molecule has 2 unspecified atom stereocenters. The van der Waals surface area contributed by atoms with Crippen LogP contribution in [0.1, 0.15) is 37.3 Å². The van der Waals surface area contributed by atoms with Crippen molar-refractivity contribution in [3.63, 3.8) is 0 Å². The normalized spacial score (nSPS) is 23.2. The molecule has 0 aromatic carbocycles. The van der Waals surface area contributed by atoms with Crippen LogP contribution < -0.4 is 5.73 Å². The van der Waals surface area contributed by atoms with Crippen molar-refractivity contribution in [3.05, 3.63) is 18.0 Å². The maximum Gasteiger partial charge on any atom is 0.0538 e. The number of rotatable bonds is 5. The molecule has 1 aliphatic heterocycles. The van der Waals surface area contributed by atoms with E-state index >= 15 is 0 Å². The smallest absolute Gasteiger partial charge is 0.0538 e. The summed E-state index contributed by atoms with van der Waals surface area (Å²) in [5, 5.41) is 13.4. The minimum atomic E-state index is 0.232. The van der Waals surface area contributed by atoms with E-state index in [1.54, 1.807) is 0 Å². The highest BCUT2D eigenvalue weighted by molar-refractivity contribution is 5.12. The predicted octanol–water partition coefficient (Wildman–Crippen LogP) is 0.657. The topological polar surface area (TPSA) is 67.3 Å². The SMILES string of the molecule is Cn1cc(C(CN)N2CCCCC2CCO)cn1. The van der Waals surface area contributed by atoms with Gasteiger partial charge in [0, 0.05) is 38.0 Å². The molecule has 0 radical (unpaired) electrons. The van der Waals surface area contributed by atoms with Gasteiger partial charge in [0.2, 0.25) is 0 Å². The minimum Gasteiger partial charge on any atom is -0.396 e. The molecule has 1 aromatic rings. The van der Waals surface area contributed by atoms with Crippen LogP contribution >= 0.6 is 0 Å². The lowest BCUT2D eigenvalue weighted by molar-refractivity contribution is 0.0782. The van der Waals surface area contributed by atoms with Gasteiger partial charge >= 0.3 is 0 Å². The summed E-state index contributed by atoms with van der Waals surface area (Å²) < 4.78 is 1.82. The molecule has 2 rings (SSSR count). The second-order valence-corrected chi connectivity index (χ2v) is 5.10. The van der Waals surface area contributed by atoms with Crippen LogP contribution in [0.25, 0.3) is 0 Å². The van der Waals surface area contributed by atoms with Crippen molar-refractivity contribution in [2.24, 2.45) is 12.8 Å². The van der Waals surface area contributed by atoms with Crippen LogP contribution in [0.4, 0.5) is 0 Å². The predicted molar refractivity (Wildman–Crippen MR) is 71.1 cm³/mol. The first kappa shape index (κ1) is 13.5. The van der Waals surface area contributed by atoms with Gasteiger partial charge < -0.3 is 10.8 Å². The van der Waals surface area contributed by atoms with Crippen molar-refractivity contribution < 1.29 is 5.11 Å². The van der Waals surface area contributed by atoms with Crippen molar-refractivity contribution in [2.75, 3.05) is 19.7 Å². The van der Waals surface area contributed by atoms with Gasteiger partial charge in [-0.1, -0.05) is 6.42 Å². The summed E-state index contributed by atoms with van der Waals surface area (Å²) in [6, 6.07) is 0.688. The van der Waals surface area contributed by atoms with Crippen LogP contribution in [0.15, 0.2) is 12.4 Å². The standard InChI is InChI=1S/C13H24N4O/c1-16-10-11(9-15-16)13(8-14)17-6-3-2-4-12(17)5-7-18/h9-10,12-13,18H,2-8,14H2,1H3. The molecule has 5 heteroatoms. The van der Waals surface area contributed by atoms with Crippen LogP contribution in [0.3, 0.4) is 0 Å². The van der Waals surface area contributed by atoms with Crippen LogP contribution in [0.5, 0.6) is 0 Å². The molecule has 1 aromatic heterocycles. The molecule has 2 atom stereocenters. The third kappa shape index (κ3) is 2.91. The zero-order valence-corrected chi connectivity index (χ0v) is 11.1. The zero-order chi connectivity index (χ0) is 13.0. The van der Waals surface area contributed by atoms with Gasteiger partial charge in [0.25, 0.3) is 0 Å². The molecular weight excluding hydrogens is 228 g/mol. The van der Waals surface area contributed by atoms with Crippen molar-refractivity contribution in [1.29, 1.82) is 0 Å². The molecule has 1 aliphatic rings. The lowest BCUT2D eigenvalue weighted by atomic mass is 9.95. The number of aryl methyl sites for hydroxylation is 1. The summed E-state index contributed by atoms with van der Waals surface area (Å²) in [5.74, 6) is 0. The summed E-state index contributed by atoms with van der Waals surface area (Å²) in [6.45, 7) is 1.93. The van der Waals surface area contributed by atoms with Crippen molar-refractivity contribution >= 4 is 0 Å². The highest BCUT2D eigenvalue weighted by atomic mass is 16.3. The third-order valence-corrected chi connectivity index (χ3v) is 3.87. The van der Waals surface area contributed by atoms with Gasteiger partial charge in [-0.15, -0.1) is 0 Å². The Morgan fingerprint density at radius 3 is 3.00 bits per heavy atom. The number of aliphatic hydroxyl groups excluding tert-OH is 1. The van der Waals surface area contributed by atoms with E-state index in [4.69, 9.17) is 5.73 Å². The maximum atomic E-state index is 9.19. The molecule has 0 saturated carbocycles. The number of nitrogens with zero attached hydrogens (tertiary/aromatic N) is 3. The molecule has 0 amide bonds. The Kier molecular flexibility index (Phi) is 4.74. The molecule has 1 fully saturated rings. The first-order valence-electron chi connectivity index (χ1n) is 6.81. The van der Waals surface area contributed by atoms with Gasteiger partial charge in [-0.05, 0) is 25.8 Å². The van der Waals surface area contributed by atoms with E-state index in [1.807, 2.05) is 24.1 Å². The molecule has 0 bridgehead atoms. The number of likely N-dealkylation sites (tertiary alicyclic amines) is 1. The molecule has 5 nitrogen and oxygen atoms in total. The van der Waals surface area contributed by atoms with E-state index in [-0.39, 0.29) is 12.6 Å². The second-order valence-electron chi connectivity index (χ2n) is 5.10. The van der Waals surface area contributed by atoms with E-state index in [2.05, 4.69) is 10.00 Å². The van der Waals surface area contributed by atoms with Gasteiger partial charge in [-0.25, -0.2) is 0 Å². The Morgan fingerprint density at radius 1 is 1.56 bits per heavy atom.